The highest BCUT2D eigenvalue weighted by atomic mass is 15.1. The van der Waals surface area contributed by atoms with Gasteiger partial charge in [-0.3, -0.25) is 0 Å². The van der Waals surface area contributed by atoms with Crippen LogP contribution in [0.5, 0.6) is 0 Å². The molecule has 1 aromatic rings. The molecule has 1 atom stereocenters. The summed E-state index contributed by atoms with van der Waals surface area (Å²) in [4.78, 5) is 4.32. The number of aryl methyl sites for hydroxylation is 1. The first-order valence-electron chi connectivity index (χ1n) is 4.60. The fraction of sp³-hybridized carbons (Fsp3) is 0.700. The number of aromatic nitrogens is 2. The molecule has 1 aromatic heterocycles. The monoisotopic (exact) mass is 181 g/mol. The molecule has 2 N–H and O–H groups in total. The fourth-order valence-corrected chi connectivity index (χ4v) is 1.20. The van der Waals surface area contributed by atoms with Crippen LogP contribution < -0.4 is 5.73 Å². The molecule has 1 heterocycles. The zero-order chi connectivity index (χ0) is 10.2. The van der Waals surface area contributed by atoms with Gasteiger partial charge in [-0.05, 0) is 5.41 Å². The molecule has 0 spiro atoms. The predicted octanol–water partition coefficient (Wildman–Crippen LogP) is 2.15. The molecule has 0 aromatic carbocycles. The van der Waals surface area contributed by atoms with E-state index in [4.69, 9.17) is 5.73 Å². The molecular weight excluding hydrogens is 162 g/mol. The Morgan fingerprint density at radius 2 is 2.00 bits per heavy atom. The van der Waals surface area contributed by atoms with E-state index < -0.39 is 0 Å². The molecule has 0 bridgehead atoms. The quantitative estimate of drug-likeness (QED) is 0.721. The largest absolute Gasteiger partial charge is 0.384 e. The molecule has 0 aliphatic carbocycles. The molecule has 0 amide bonds. The molecule has 0 saturated heterocycles. The van der Waals surface area contributed by atoms with Crippen LogP contribution in [0, 0.1) is 5.41 Å². The van der Waals surface area contributed by atoms with Gasteiger partial charge >= 0.3 is 0 Å². The van der Waals surface area contributed by atoms with Crippen molar-refractivity contribution in [1.82, 2.24) is 9.55 Å². The lowest BCUT2D eigenvalue weighted by atomic mass is 9.80. The number of nitrogens with zero attached hydrogens (tertiary/aromatic N) is 2. The summed E-state index contributed by atoms with van der Waals surface area (Å²) in [7, 11) is 1.92. The van der Waals surface area contributed by atoms with Crippen molar-refractivity contribution < 1.29 is 0 Å². The first-order valence-corrected chi connectivity index (χ1v) is 4.60. The molecule has 0 aliphatic rings. The minimum atomic E-state index is 0.211. The van der Waals surface area contributed by atoms with Crippen LogP contribution in [0.25, 0.3) is 0 Å². The Hall–Kier alpha value is -0.990. The number of hydrogen-bond acceptors (Lipinski definition) is 2. The van der Waals surface area contributed by atoms with Crippen LogP contribution in [0.3, 0.4) is 0 Å². The van der Waals surface area contributed by atoms with Gasteiger partial charge in [-0.1, -0.05) is 27.7 Å². The van der Waals surface area contributed by atoms with Crippen LogP contribution in [0.15, 0.2) is 6.33 Å². The maximum absolute atomic E-state index is 5.90. The van der Waals surface area contributed by atoms with E-state index in [0.29, 0.717) is 5.92 Å². The van der Waals surface area contributed by atoms with E-state index in [-0.39, 0.29) is 5.41 Å². The second kappa shape index (κ2) is 3.05. The van der Waals surface area contributed by atoms with Gasteiger partial charge in [-0.2, -0.15) is 0 Å². The number of nitrogen functional groups attached to an aromatic ring is 1. The summed E-state index contributed by atoms with van der Waals surface area (Å²) >= 11 is 0. The third-order valence-electron chi connectivity index (χ3n) is 2.72. The lowest BCUT2D eigenvalue weighted by Gasteiger charge is -2.26. The SMILES string of the molecule is CC(c1ncn(C)c1N)C(C)(C)C. The molecule has 3 nitrogen and oxygen atoms in total. The summed E-state index contributed by atoms with van der Waals surface area (Å²) in [5.41, 5.74) is 7.12. The van der Waals surface area contributed by atoms with Gasteiger partial charge in [0, 0.05) is 13.0 Å². The van der Waals surface area contributed by atoms with Crippen LogP contribution in [-0.4, -0.2) is 9.55 Å². The van der Waals surface area contributed by atoms with Gasteiger partial charge < -0.3 is 10.3 Å². The summed E-state index contributed by atoms with van der Waals surface area (Å²) in [5, 5.41) is 0. The third kappa shape index (κ3) is 1.85. The Labute approximate surface area is 80.0 Å². The van der Waals surface area contributed by atoms with E-state index in [2.05, 4.69) is 32.7 Å². The molecule has 1 unspecified atom stereocenters. The number of nitrogens with two attached hydrogens (primary N) is 1. The van der Waals surface area contributed by atoms with Crippen LogP contribution in [0.1, 0.15) is 39.3 Å². The van der Waals surface area contributed by atoms with Gasteiger partial charge in [0.1, 0.15) is 5.82 Å². The number of hydrogen-bond donors (Lipinski definition) is 1. The van der Waals surface area contributed by atoms with E-state index in [1.54, 1.807) is 6.33 Å². The molecule has 0 radical (unpaired) electrons. The summed E-state index contributed by atoms with van der Waals surface area (Å²) in [6, 6.07) is 0. The van der Waals surface area contributed by atoms with Gasteiger partial charge in [-0.15, -0.1) is 0 Å². The third-order valence-corrected chi connectivity index (χ3v) is 2.72. The Balaban J connectivity index is 3.02. The van der Waals surface area contributed by atoms with Crippen molar-refractivity contribution in [3.05, 3.63) is 12.0 Å². The van der Waals surface area contributed by atoms with Gasteiger partial charge in [0.15, 0.2) is 0 Å². The smallest absolute Gasteiger partial charge is 0.126 e. The highest BCUT2D eigenvalue weighted by molar-refractivity contribution is 5.38. The van der Waals surface area contributed by atoms with Gasteiger partial charge in [0.25, 0.3) is 0 Å². The molecule has 0 aliphatic heterocycles. The van der Waals surface area contributed by atoms with E-state index in [9.17, 15) is 0 Å². The lowest BCUT2D eigenvalue weighted by Crippen LogP contribution is -2.17. The summed E-state index contributed by atoms with van der Waals surface area (Å²) in [5.74, 6) is 1.16. The Morgan fingerprint density at radius 1 is 1.46 bits per heavy atom. The maximum atomic E-state index is 5.90. The van der Waals surface area contributed by atoms with Crippen molar-refractivity contribution in [2.75, 3.05) is 5.73 Å². The summed E-state index contributed by atoms with van der Waals surface area (Å²) in [6.07, 6.45) is 1.77. The Bertz CT molecular complexity index is 294. The van der Waals surface area contributed by atoms with E-state index in [1.165, 1.54) is 0 Å². The van der Waals surface area contributed by atoms with Crippen molar-refractivity contribution in [2.45, 2.75) is 33.6 Å². The van der Waals surface area contributed by atoms with E-state index >= 15 is 0 Å². The summed E-state index contributed by atoms with van der Waals surface area (Å²) in [6.45, 7) is 8.77. The van der Waals surface area contributed by atoms with Gasteiger partial charge in [0.2, 0.25) is 0 Å². The molecular formula is C10H19N3. The molecule has 0 saturated carbocycles. The zero-order valence-electron chi connectivity index (χ0n) is 9.13. The Morgan fingerprint density at radius 3 is 2.31 bits per heavy atom. The number of anilines is 1. The van der Waals surface area contributed by atoms with Crippen LogP contribution in [0.2, 0.25) is 0 Å². The first kappa shape index (κ1) is 10.1. The minimum absolute atomic E-state index is 0.211. The number of rotatable bonds is 1. The average Bonchev–Trinajstić information content (AvgIpc) is 2.30. The zero-order valence-corrected chi connectivity index (χ0v) is 9.13. The highest BCUT2D eigenvalue weighted by Gasteiger charge is 2.25. The van der Waals surface area contributed by atoms with Crippen molar-refractivity contribution in [1.29, 1.82) is 0 Å². The highest BCUT2D eigenvalue weighted by Crippen LogP contribution is 2.35. The van der Waals surface area contributed by atoms with Gasteiger partial charge in [0.05, 0.1) is 12.0 Å². The lowest BCUT2D eigenvalue weighted by molar-refractivity contribution is 0.335. The Kier molecular flexibility index (Phi) is 2.37. The van der Waals surface area contributed by atoms with Crippen LogP contribution in [-0.2, 0) is 7.05 Å². The normalized spacial score (nSPS) is 14.5. The standard InChI is InChI=1S/C10H19N3/c1-7(10(2,3)4)8-9(11)13(5)6-12-8/h6-7H,11H2,1-5H3. The second-order valence-corrected chi connectivity index (χ2v) is 4.71. The van der Waals surface area contributed by atoms with Crippen molar-refractivity contribution in [3.63, 3.8) is 0 Å². The predicted molar refractivity (Wildman–Crippen MR) is 55.5 cm³/mol. The fourth-order valence-electron chi connectivity index (χ4n) is 1.20. The minimum Gasteiger partial charge on any atom is -0.384 e. The van der Waals surface area contributed by atoms with Crippen LogP contribution in [0.4, 0.5) is 5.82 Å². The molecule has 74 valence electrons. The molecule has 1 rings (SSSR count). The topological polar surface area (TPSA) is 43.8 Å². The van der Waals surface area contributed by atoms with E-state index in [1.807, 2.05) is 11.6 Å². The van der Waals surface area contributed by atoms with Gasteiger partial charge in [-0.25, -0.2) is 4.98 Å². The van der Waals surface area contributed by atoms with Crippen molar-refractivity contribution >= 4 is 5.82 Å². The molecule has 0 fully saturated rings. The average molecular weight is 181 g/mol. The van der Waals surface area contributed by atoms with Crippen LogP contribution >= 0.6 is 0 Å². The van der Waals surface area contributed by atoms with E-state index in [0.717, 1.165) is 11.5 Å². The van der Waals surface area contributed by atoms with Crippen molar-refractivity contribution in [3.8, 4) is 0 Å². The molecule has 13 heavy (non-hydrogen) atoms. The van der Waals surface area contributed by atoms with Crippen molar-refractivity contribution in [2.24, 2.45) is 12.5 Å². The molecule has 3 heteroatoms. The number of imidazole rings is 1. The summed E-state index contributed by atoms with van der Waals surface area (Å²) < 4.78 is 1.86. The first-order chi connectivity index (χ1) is 5.84. The maximum Gasteiger partial charge on any atom is 0.126 e. The second-order valence-electron chi connectivity index (χ2n) is 4.71.